The lowest BCUT2D eigenvalue weighted by molar-refractivity contribution is 0.271. The summed E-state index contributed by atoms with van der Waals surface area (Å²) in [4.78, 5) is 2.41. The van der Waals surface area contributed by atoms with E-state index in [0.717, 1.165) is 25.2 Å². The maximum Gasteiger partial charge on any atom is 0.0669 e. The van der Waals surface area contributed by atoms with Crippen LogP contribution in [0.4, 0.5) is 0 Å². The number of nitrogens with zero attached hydrogens (tertiary/aromatic N) is 2. The van der Waals surface area contributed by atoms with Gasteiger partial charge in [-0.1, -0.05) is 61.5 Å². The quantitative estimate of drug-likeness (QED) is 0.794. The minimum atomic E-state index is 0.488. The SMILES string of the molecule is CCN(Cc1ccccc1)Cc1ccc(CC#N)cc1. The maximum atomic E-state index is 8.68. The minimum absolute atomic E-state index is 0.488. The molecule has 0 radical (unpaired) electrons. The third-order valence-corrected chi connectivity index (χ3v) is 3.41. The van der Waals surface area contributed by atoms with E-state index in [1.54, 1.807) is 0 Å². The minimum Gasteiger partial charge on any atom is -0.295 e. The molecule has 0 heterocycles. The average Bonchev–Trinajstić information content (AvgIpc) is 2.50. The van der Waals surface area contributed by atoms with Crippen molar-refractivity contribution in [3.8, 4) is 6.07 Å². The molecule has 20 heavy (non-hydrogen) atoms. The Kier molecular flexibility index (Phi) is 5.34. The van der Waals surface area contributed by atoms with Gasteiger partial charge in [0.15, 0.2) is 0 Å². The lowest BCUT2D eigenvalue weighted by Crippen LogP contribution is -2.22. The molecule has 0 aliphatic heterocycles. The second kappa shape index (κ2) is 7.47. The summed E-state index contributed by atoms with van der Waals surface area (Å²) >= 11 is 0. The van der Waals surface area contributed by atoms with Crippen LogP contribution in [0, 0.1) is 11.3 Å². The van der Waals surface area contributed by atoms with Crippen molar-refractivity contribution in [2.75, 3.05) is 6.54 Å². The zero-order chi connectivity index (χ0) is 14.2. The summed E-state index contributed by atoms with van der Waals surface area (Å²) in [6, 6.07) is 21.1. The van der Waals surface area contributed by atoms with Crippen LogP contribution in [0.1, 0.15) is 23.6 Å². The Hall–Kier alpha value is -2.11. The van der Waals surface area contributed by atoms with Crippen LogP contribution in [-0.4, -0.2) is 11.4 Å². The van der Waals surface area contributed by atoms with E-state index in [1.165, 1.54) is 11.1 Å². The first kappa shape index (κ1) is 14.3. The van der Waals surface area contributed by atoms with Crippen molar-refractivity contribution in [2.45, 2.75) is 26.4 Å². The van der Waals surface area contributed by atoms with Gasteiger partial charge in [-0.05, 0) is 23.2 Å². The predicted octanol–water partition coefficient (Wildman–Crippen LogP) is 3.77. The van der Waals surface area contributed by atoms with Crippen LogP contribution in [0.2, 0.25) is 0 Å². The van der Waals surface area contributed by atoms with Crippen molar-refractivity contribution in [3.63, 3.8) is 0 Å². The first-order chi connectivity index (χ1) is 9.81. The smallest absolute Gasteiger partial charge is 0.0669 e. The van der Waals surface area contributed by atoms with Crippen LogP contribution in [0.25, 0.3) is 0 Å². The third-order valence-electron chi connectivity index (χ3n) is 3.41. The highest BCUT2D eigenvalue weighted by molar-refractivity contribution is 5.24. The van der Waals surface area contributed by atoms with E-state index in [1.807, 2.05) is 6.07 Å². The second-order valence-electron chi connectivity index (χ2n) is 4.94. The molecule has 0 bridgehead atoms. The lowest BCUT2D eigenvalue weighted by Gasteiger charge is -2.20. The Morgan fingerprint density at radius 1 is 0.850 bits per heavy atom. The van der Waals surface area contributed by atoms with E-state index in [0.29, 0.717) is 6.42 Å². The Morgan fingerprint density at radius 3 is 1.95 bits per heavy atom. The lowest BCUT2D eigenvalue weighted by atomic mass is 10.1. The summed E-state index contributed by atoms with van der Waals surface area (Å²) in [5, 5.41) is 8.68. The third kappa shape index (κ3) is 4.22. The van der Waals surface area contributed by atoms with Crippen molar-refractivity contribution >= 4 is 0 Å². The molecular weight excluding hydrogens is 244 g/mol. The normalized spacial score (nSPS) is 10.4. The molecule has 0 fully saturated rings. The molecule has 0 saturated carbocycles. The molecule has 2 rings (SSSR count). The molecule has 2 nitrogen and oxygen atoms in total. The van der Waals surface area contributed by atoms with Crippen molar-refractivity contribution < 1.29 is 0 Å². The van der Waals surface area contributed by atoms with Gasteiger partial charge in [-0.3, -0.25) is 4.90 Å². The van der Waals surface area contributed by atoms with Gasteiger partial charge in [-0.2, -0.15) is 5.26 Å². The molecule has 0 atom stereocenters. The Balaban J connectivity index is 1.97. The summed E-state index contributed by atoms with van der Waals surface area (Å²) in [5.74, 6) is 0. The highest BCUT2D eigenvalue weighted by atomic mass is 15.1. The molecule has 0 aliphatic carbocycles. The monoisotopic (exact) mass is 264 g/mol. The molecule has 0 unspecified atom stereocenters. The number of rotatable bonds is 6. The van der Waals surface area contributed by atoms with Crippen LogP contribution in [0.3, 0.4) is 0 Å². The van der Waals surface area contributed by atoms with E-state index in [4.69, 9.17) is 5.26 Å². The van der Waals surface area contributed by atoms with Gasteiger partial charge < -0.3 is 0 Å². The van der Waals surface area contributed by atoms with E-state index in [9.17, 15) is 0 Å². The fraction of sp³-hybridized carbons (Fsp3) is 0.278. The average molecular weight is 264 g/mol. The predicted molar refractivity (Wildman–Crippen MR) is 82.0 cm³/mol. The molecule has 0 saturated heterocycles. The van der Waals surface area contributed by atoms with Gasteiger partial charge >= 0.3 is 0 Å². The number of hydrogen-bond donors (Lipinski definition) is 0. The fourth-order valence-corrected chi connectivity index (χ4v) is 2.23. The Labute approximate surface area is 121 Å². The van der Waals surface area contributed by atoms with Crippen molar-refractivity contribution in [1.82, 2.24) is 4.90 Å². The molecule has 0 amide bonds. The Bertz CT molecular complexity index is 552. The van der Waals surface area contributed by atoms with Gasteiger partial charge in [0.2, 0.25) is 0 Å². The largest absolute Gasteiger partial charge is 0.295 e. The van der Waals surface area contributed by atoms with Crippen LogP contribution >= 0.6 is 0 Å². The fourth-order valence-electron chi connectivity index (χ4n) is 2.23. The molecule has 0 aromatic heterocycles. The standard InChI is InChI=1S/C18H20N2/c1-2-20(14-17-6-4-3-5-7-17)15-18-10-8-16(9-11-18)12-13-19/h3-11H,2,12,14-15H2,1H3. The molecule has 102 valence electrons. The number of hydrogen-bond acceptors (Lipinski definition) is 2. The molecule has 2 aromatic rings. The molecule has 2 heteroatoms. The topological polar surface area (TPSA) is 27.0 Å². The van der Waals surface area contributed by atoms with Crippen LogP contribution in [0.15, 0.2) is 54.6 Å². The Morgan fingerprint density at radius 2 is 1.40 bits per heavy atom. The van der Waals surface area contributed by atoms with Crippen LogP contribution < -0.4 is 0 Å². The molecular formula is C18H20N2. The van der Waals surface area contributed by atoms with E-state index in [-0.39, 0.29) is 0 Å². The van der Waals surface area contributed by atoms with Gasteiger partial charge in [0.05, 0.1) is 12.5 Å². The van der Waals surface area contributed by atoms with Gasteiger partial charge in [0.1, 0.15) is 0 Å². The molecule has 0 N–H and O–H groups in total. The van der Waals surface area contributed by atoms with Crippen molar-refractivity contribution in [2.24, 2.45) is 0 Å². The van der Waals surface area contributed by atoms with Gasteiger partial charge in [0.25, 0.3) is 0 Å². The first-order valence-corrected chi connectivity index (χ1v) is 7.03. The van der Waals surface area contributed by atoms with E-state index in [2.05, 4.69) is 66.4 Å². The van der Waals surface area contributed by atoms with Crippen LogP contribution in [0.5, 0.6) is 0 Å². The molecule has 2 aromatic carbocycles. The first-order valence-electron chi connectivity index (χ1n) is 7.03. The van der Waals surface area contributed by atoms with Gasteiger partial charge in [0, 0.05) is 13.1 Å². The van der Waals surface area contributed by atoms with Gasteiger partial charge in [-0.15, -0.1) is 0 Å². The summed E-state index contributed by atoms with van der Waals surface area (Å²) in [7, 11) is 0. The summed E-state index contributed by atoms with van der Waals surface area (Å²) in [5.41, 5.74) is 3.72. The van der Waals surface area contributed by atoms with Gasteiger partial charge in [-0.25, -0.2) is 0 Å². The molecule has 0 spiro atoms. The van der Waals surface area contributed by atoms with E-state index >= 15 is 0 Å². The summed E-state index contributed by atoms with van der Waals surface area (Å²) < 4.78 is 0. The van der Waals surface area contributed by atoms with Crippen molar-refractivity contribution in [3.05, 3.63) is 71.3 Å². The summed E-state index contributed by atoms with van der Waals surface area (Å²) in [6.07, 6.45) is 0.488. The van der Waals surface area contributed by atoms with Crippen molar-refractivity contribution in [1.29, 1.82) is 5.26 Å². The number of nitriles is 1. The maximum absolute atomic E-state index is 8.68. The second-order valence-corrected chi connectivity index (χ2v) is 4.94. The highest BCUT2D eigenvalue weighted by Crippen LogP contribution is 2.11. The highest BCUT2D eigenvalue weighted by Gasteiger charge is 2.05. The zero-order valence-electron chi connectivity index (χ0n) is 11.9. The van der Waals surface area contributed by atoms with Crippen LogP contribution in [-0.2, 0) is 19.5 Å². The number of benzene rings is 2. The zero-order valence-corrected chi connectivity index (χ0v) is 11.9. The van der Waals surface area contributed by atoms with E-state index < -0.39 is 0 Å². The summed E-state index contributed by atoms with van der Waals surface area (Å²) in [6.45, 7) is 5.12. The molecule has 0 aliphatic rings.